The second-order valence-corrected chi connectivity index (χ2v) is 9.06. The molecule has 0 saturated carbocycles. The normalized spacial score (nSPS) is 13.3. The summed E-state index contributed by atoms with van der Waals surface area (Å²) in [6.07, 6.45) is 2.56. The van der Waals surface area contributed by atoms with Crippen molar-refractivity contribution in [2.45, 2.75) is 91.3 Å². The van der Waals surface area contributed by atoms with Gasteiger partial charge in [-0.25, -0.2) is 4.79 Å². The average molecular weight is 538 g/mol. The number of carbonyl (C=O) groups excluding carboxylic acids is 1. The summed E-state index contributed by atoms with van der Waals surface area (Å²) in [5.74, 6) is 1.77. The van der Waals surface area contributed by atoms with E-state index in [9.17, 15) is 4.79 Å². The van der Waals surface area contributed by atoms with Gasteiger partial charge in [0.25, 0.3) is 0 Å². The van der Waals surface area contributed by atoms with Crippen LogP contribution in [0.3, 0.4) is 0 Å². The molecule has 1 aromatic heterocycles. The number of aromatic nitrogens is 2. The van der Waals surface area contributed by atoms with Gasteiger partial charge < -0.3 is 25.2 Å². The van der Waals surface area contributed by atoms with Gasteiger partial charge in [0.1, 0.15) is 5.60 Å². The molecule has 1 unspecified atom stereocenters. The highest BCUT2D eigenvalue weighted by Crippen LogP contribution is 2.19. The maximum absolute atomic E-state index is 12.0. The van der Waals surface area contributed by atoms with E-state index in [2.05, 4.69) is 38.0 Å². The van der Waals surface area contributed by atoms with E-state index in [4.69, 9.17) is 9.26 Å². The van der Waals surface area contributed by atoms with Crippen LogP contribution in [0.2, 0.25) is 0 Å². The molecular formula is C20H39IN6O3. The van der Waals surface area contributed by atoms with Crippen LogP contribution in [-0.4, -0.2) is 47.4 Å². The Bertz CT molecular complexity index is 664. The van der Waals surface area contributed by atoms with E-state index < -0.39 is 11.7 Å². The molecule has 10 heteroatoms. The summed E-state index contributed by atoms with van der Waals surface area (Å²) in [6.45, 7) is 14.5. The van der Waals surface area contributed by atoms with Crippen molar-refractivity contribution in [3.63, 3.8) is 0 Å². The quantitative estimate of drug-likeness (QED) is 0.263. The lowest BCUT2D eigenvalue weighted by Crippen LogP contribution is -2.48. The van der Waals surface area contributed by atoms with E-state index in [1.54, 1.807) is 7.05 Å². The fraction of sp³-hybridized carbons (Fsp3) is 0.800. The number of nitrogens with one attached hydrogen (secondary N) is 3. The van der Waals surface area contributed by atoms with Crippen LogP contribution in [0.25, 0.3) is 0 Å². The van der Waals surface area contributed by atoms with Crippen molar-refractivity contribution in [1.29, 1.82) is 0 Å². The third kappa shape index (κ3) is 11.6. The number of rotatable bonds is 8. The zero-order valence-electron chi connectivity index (χ0n) is 19.6. The summed E-state index contributed by atoms with van der Waals surface area (Å²) in [4.78, 5) is 20.6. The van der Waals surface area contributed by atoms with Gasteiger partial charge in [0.05, 0.1) is 6.54 Å². The molecule has 0 saturated heterocycles. The standard InChI is InChI=1S/C20H38N6O3.HI/c1-9-10-11-14(12-23-18(27)28-20(5,6)7)24-17(21-8)22-13-15-25-16(29-26-15)19(2,3)4;/h14H,9-13H2,1-8H3,(H,23,27)(H2,21,22,24);1H. The largest absolute Gasteiger partial charge is 0.444 e. The number of halogens is 1. The van der Waals surface area contributed by atoms with E-state index in [0.717, 1.165) is 19.3 Å². The first-order valence-electron chi connectivity index (χ1n) is 10.2. The molecule has 0 bridgehead atoms. The van der Waals surface area contributed by atoms with Crippen molar-refractivity contribution in [3.8, 4) is 0 Å². The molecule has 0 aliphatic carbocycles. The van der Waals surface area contributed by atoms with Crippen molar-refractivity contribution in [2.24, 2.45) is 4.99 Å². The third-order valence-electron chi connectivity index (χ3n) is 3.89. The molecule has 1 rings (SSSR count). The Balaban J connectivity index is 0.00000841. The molecule has 3 N–H and O–H groups in total. The lowest BCUT2D eigenvalue weighted by molar-refractivity contribution is 0.0522. The van der Waals surface area contributed by atoms with Gasteiger partial charge in [-0.05, 0) is 27.2 Å². The number of hydrogen-bond acceptors (Lipinski definition) is 6. The molecule has 0 spiro atoms. The highest BCUT2D eigenvalue weighted by molar-refractivity contribution is 14.0. The monoisotopic (exact) mass is 538 g/mol. The van der Waals surface area contributed by atoms with Crippen LogP contribution in [0.1, 0.15) is 79.4 Å². The molecule has 0 radical (unpaired) electrons. The Kier molecular flexibility index (Phi) is 12.3. The zero-order valence-corrected chi connectivity index (χ0v) is 21.9. The fourth-order valence-electron chi connectivity index (χ4n) is 2.38. The predicted molar refractivity (Wildman–Crippen MR) is 129 cm³/mol. The molecule has 9 nitrogen and oxygen atoms in total. The molecule has 1 amide bonds. The fourth-order valence-corrected chi connectivity index (χ4v) is 2.38. The summed E-state index contributed by atoms with van der Waals surface area (Å²) in [5.41, 5.74) is -0.714. The van der Waals surface area contributed by atoms with Gasteiger partial charge in [0.2, 0.25) is 5.89 Å². The number of nitrogens with zero attached hydrogens (tertiary/aromatic N) is 3. The zero-order chi connectivity index (χ0) is 22.1. The van der Waals surface area contributed by atoms with Crippen molar-refractivity contribution < 1.29 is 14.1 Å². The predicted octanol–water partition coefficient (Wildman–Crippen LogP) is 3.73. The van der Waals surface area contributed by atoms with E-state index in [1.165, 1.54) is 0 Å². The number of ether oxygens (including phenoxy) is 1. The number of hydrogen-bond donors (Lipinski definition) is 3. The highest BCUT2D eigenvalue weighted by atomic mass is 127. The number of carbonyl (C=O) groups is 1. The minimum Gasteiger partial charge on any atom is -0.444 e. The minimum absolute atomic E-state index is 0. The summed E-state index contributed by atoms with van der Waals surface area (Å²) < 4.78 is 10.6. The number of unbranched alkanes of at least 4 members (excludes halogenated alkanes) is 1. The van der Waals surface area contributed by atoms with E-state index >= 15 is 0 Å². The van der Waals surface area contributed by atoms with Crippen LogP contribution in [-0.2, 0) is 16.7 Å². The van der Waals surface area contributed by atoms with Gasteiger partial charge >= 0.3 is 6.09 Å². The number of alkyl carbamates (subject to hydrolysis) is 1. The molecule has 0 fully saturated rings. The number of guanidine groups is 1. The van der Waals surface area contributed by atoms with Crippen LogP contribution in [0, 0.1) is 0 Å². The number of amides is 1. The van der Waals surface area contributed by atoms with Crippen LogP contribution < -0.4 is 16.0 Å². The van der Waals surface area contributed by atoms with Crippen molar-refractivity contribution in [2.75, 3.05) is 13.6 Å². The lowest BCUT2D eigenvalue weighted by Gasteiger charge is -2.24. The summed E-state index contributed by atoms with van der Waals surface area (Å²) in [6, 6.07) is 0.0177. The van der Waals surface area contributed by atoms with E-state index in [0.29, 0.717) is 30.8 Å². The van der Waals surface area contributed by atoms with Crippen LogP contribution in [0.4, 0.5) is 4.79 Å². The SMILES string of the molecule is CCCCC(CNC(=O)OC(C)(C)C)NC(=NC)NCc1noc(C(C)(C)C)n1.I. The Morgan fingerprint density at radius 2 is 1.87 bits per heavy atom. The first kappa shape index (κ1) is 28.4. The molecule has 0 aliphatic heterocycles. The molecule has 174 valence electrons. The second-order valence-electron chi connectivity index (χ2n) is 9.06. The van der Waals surface area contributed by atoms with Crippen LogP contribution in [0.5, 0.6) is 0 Å². The Morgan fingerprint density at radius 3 is 2.37 bits per heavy atom. The molecule has 0 aromatic carbocycles. The Labute approximate surface area is 197 Å². The Morgan fingerprint density at radius 1 is 1.20 bits per heavy atom. The first-order valence-corrected chi connectivity index (χ1v) is 10.2. The van der Waals surface area contributed by atoms with Crippen LogP contribution >= 0.6 is 24.0 Å². The maximum Gasteiger partial charge on any atom is 0.407 e. The topological polar surface area (TPSA) is 114 Å². The van der Waals surface area contributed by atoms with Gasteiger partial charge in [0, 0.05) is 25.0 Å². The smallest absolute Gasteiger partial charge is 0.407 e. The minimum atomic E-state index is -0.523. The third-order valence-corrected chi connectivity index (χ3v) is 3.89. The second kappa shape index (κ2) is 13.0. The summed E-state index contributed by atoms with van der Waals surface area (Å²) >= 11 is 0. The maximum atomic E-state index is 12.0. The van der Waals surface area contributed by atoms with Gasteiger partial charge in [-0.3, -0.25) is 4.99 Å². The molecule has 1 aromatic rings. The van der Waals surface area contributed by atoms with E-state index in [1.807, 2.05) is 41.5 Å². The van der Waals surface area contributed by atoms with Crippen LogP contribution in [0.15, 0.2) is 9.52 Å². The molecule has 1 atom stereocenters. The van der Waals surface area contributed by atoms with Gasteiger partial charge in [-0.1, -0.05) is 45.7 Å². The molecular weight excluding hydrogens is 499 g/mol. The average Bonchev–Trinajstić information content (AvgIpc) is 3.08. The lowest BCUT2D eigenvalue weighted by atomic mass is 9.97. The van der Waals surface area contributed by atoms with Crippen molar-refractivity contribution >= 4 is 36.0 Å². The molecule has 0 aliphatic rings. The first-order chi connectivity index (χ1) is 13.4. The van der Waals surface area contributed by atoms with Crippen molar-refractivity contribution in [1.82, 2.24) is 26.1 Å². The van der Waals surface area contributed by atoms with Gasteiger partial charge in [-0.2, -0.15) is 4.98 Å². The summed E-state index contributed by atoms with van der Waals surface area (Å²) in [5, 5.41) is 13.4. The summed E-state index contributed by atoms with van der Waals surface area (Å²) in [7, 11) is 1.70. The van der Waals surface area contributed by atoms with Gasteiger partial charge in [-0.15, -0.1) is 24.0 Å². The molecule has 1 heterocycles. The molecule has 30 heavy (non-hydrogen) atoms. The van der Waals surface area contributed by atoms with Crippen molar-refractivity contribution in [3.05, 3.63) is 11.7 Å². The van der Waals surface area contributed by atoms with Gasteiger partial charge in [0.15, 0.2) is 11.8 Å². The Hall–Kier alpha value is -1.59. The highest BCUT2D eigenvalue weighted by Gasteiger charge is 2.22. The van der Waals surface area contributed by atoms with E-state index in [-0.39, 0.29) is 35.4 Å². The number of aliphatic imine (C=N–C) groups is 1.